The van der Waals surface area contributed by atoms with Crippen LogP contribution in [0, 0.1) is 0 Å². The number of anilines is 1. The molecule has 10 heteroatoms. The molecule has 1 aromatic rings. The topological polar surface area (TPSA) is 150 Å². The summed E-state index contributed by atoms with van der Waals surface area (Å²) in [6.07, 6.45) is 0. The fraction of sp³-hybridized carbons (Fsp3) is 0.200. The van der Waals surface area contributed by atoms with Gasteiger partial charge in [0, 0.05) is 4.47 Å². The number of primary amides is 2. The van der Waals surface area contributed by atoms with E-state index in [2.05, 4.69) is 15.9 Å². The first-order chi connectivity index (χ1) is 9.14. The molecular formula is C10H13BrN4O4S. The summed E-state index contributed by atoms with van der Waals surface area (Å²) >= 11 is 3.12. The zero-order valence-corrected chi connectivity index (χ0v) is 12.6. The minimum Gasteiger partial charge on any atom is -0.398 e. The van der Waals surface area contributed by atoms with Crippen LogP contribution in [0.2, 0.25) is 0 Å². The van der Waals surface area contributed by atoms with Gasteiger partial charge in [-0.2, -0.15) is 4.31 Å². The fourth-order valence-corrected chi connectivity index (χ4v) is 3.47. The van der Waals surface area contributed by atoms with Crippen molar-refractivity contribution < 1.29 is 18.0 Å². The monoisotopic (exact) mass is 364 g/mol. The molecule has 0 unspecified atom stereocenters. The second-order valence-electron chi connectivity index (χ2n) is 3.89. The SMILES string of the molecule is NC(=O)CN(CC(N)=O)S(=O)(=O)c1cc(Br)ccc1N. The van der Waals surface area contributed by atoms with Gasteiger partial charge in [0.2, 0.25) is 21.8 Å². The average molecular weight is 365 g/mol. The molecule has 2 amide bonds. The molecule has 0 atom stereocenters. The van der Waals surface area contributed by atoms with E-state index in [9.17, 15) is 18.0 Å². The van der Waals surface area contributed by atoms with E-state index in [-0.39, 0.29) is 10.6 Å². The highest BCUT2D eigenvalue weighted by molar-refractivity contribution is 9.10. The number of halogens is 1. The predicted octanol–water partition coefficient (Wildman–Crippen LogP) is -1.01. The van der Waals surface area contributed by atoms with Crippen molar-refractivity contribution in [3.8, 4) is 0 Å². The molecule has 0 aromatic heterocycles. The highest BCUT2D eigenvalue weighted by atomic mass is 79.9. The molecule has 1 rings (SSSR count). The Morgan fingerprint density at radius 3 is 2.10 bits per heavy atom. The summed E-state index contributed by atoms with van der Waals surface area (Å²) < 4.78 is 25.8. The van der Waals surface area contributed by atoms with Crippen LogP contribution in [-0.2, 0) is 19.6 Å². The number of sulfonamides is 1. The van der Waals surface area contributed by atoms with Gasteiger partial charge >= 0.3 is 0 Å². The van der Waals surface area contributed by atoms with Crippen LogP contribution in [0.15, 0.2) is 27.6 Å². The van der Waals surface area contributed by atoms with E-state index >= 15 is 0 Å². The maximum atomic E-state index is 12.4. The average Bonchev–Trinajstić information content (AvgIpc) is 2.30. The molecule has 20 heavy (non-hydrogen) atoms. The van der Waals surface area contributed by atoms with E-state index in [1.165, 1.54) is 12.1 Å². The molecule has 0 fully saturated rings. The number of carbonyl (C=O) groups is 2. The van der Waals surface area contributed by atoms with Crippen molar-refractivity contribution in [2.75, 3.05) is 18.8 Å². The van der Waals surface area contributed by atoms with Gasteiger partial charge in [-0.05, 0) is 18.2 Å². The molecule has 0 spiro atoms. The molecule has 0 heterocycles. The summed E-state index contributed by atoms with van der Waals surface area (Å²) in [6.45, 7) is -1.34. The first-order valence-corrected chi connectivity index (χ1v) is 7.49. The predicted molar refractivity (Wildman–Crippen MR) is 75.7 cm³/mol. The minimum absolute atomic E-state index is 0.0212. The summed E-state index contributed by atoms with van der Waals surface area (Å²) in [7, 11) is -4.17. The number of nitrogens with zero attached hydrogens (tertiary/aromatic N) is 1. The number of amides is 2. The third-order valence-corrected chi connectivity index (χ3v) is 4.60. The summed E-state index contributed by atoms with van der Waals surface area (Å²) in [4.78, 5) is 21.6. The Morgan fingerprint density at radius 1 is 1.15 bits per heavy atom. The largest absolute Gasteiger partial charge is 0.398 e. The van der Waals surface area contributed by atoms with Crippen molar-refractivity contribution in [1.29, 1.82) is 0 Å². The van der Waals surface area contributed by atoms with E-state index in [0.717, 1.165) is 0 Å². The van der Waals surface area contributed by atoms with Crippen molar-refractivity contribution in [2.45, 2.75) is 4.90 Å². The Labute approximate surface area is 124 Å². The number of hydrogen-bond donors (Lipinski definition) is 3. The number of benzene rings is 1. The van der Waals surface area contributed by atoms with Crippen LogP contribution in [-0.4, -0.2) is 37.6 Å². The molecule has 0 saturated carbocycles. The number of nitrogens with two attached hydrogens (primary N) is 3. The Hall–Kier alpha value is -1.65. The molecule has 6 N–H and O–H groups in total. The van der Waals surface area contributed by atoms with Gasteiger partial charge in [0.1, 0.15) is 4.90 Å². The number of nitrogen functional groups attached to an aromatic ring is 1. The van der Waals surface area contributed by atoms with Crippen LogP contribution in [0.25, 0.3) is 0 Å². The molecular weight excluding hydrogens is 352 g/mol. The zero-order valence-electron chi connectivity index (χ0n) is 10.2. The minimum atomic E-state index is -4.17. The van der Waals surface area contributed by atoms with E-state index in [1.54, 1.807) is 6.07 Å². The van der Waals surface area contributed by atoms with Gasteiger partial charge in [0.25, 0.3) is 0 Å². The molecule has 0 saturated heterocycles. The van der Waals surface area contributed by atoms with E-state index in [0.29, 0.717) is 8.78 Å². The smallest absolute Gasteiger partial charge is 0.246 e. The summed E-state index contributed by atoms with van der Waals surface area (Å²) in [5.41, 5.74) is 15.5. The standard InChI is InChI=1S/C10H13BrN4O4S/c11-6-1-2-7(12)8(3-6)20(18,19)15(4-9(13)16)5-10(14)17/h1-3H,4-5,12H2,(H2,13,16)(H2,14,17). The second-order valence-corrected chi connectivity index (χ2v) is 6.71. The summed E-state index contributed by atoms with van der Waals surface area (Å²) in [5, 5.41) is 0. The Morgan fingerprint density at radius 2 is 1.65 bits per heavy atom. The third kappa shape index (κ3) is 3.92. The molecule has 0 aliphatic heterocycles. The molecule has 0 radical (unpaired) electrons. The lowest BCUT2D eigenvalue weighted by atomic mass is 10.3. The van der Waals surface area contributed by atoms with E-state index in [4.69, 9.17) is 17.2 Å². The van der Waals surface area contributed by atoms with Crippen molar-refractivity contribution in [3.63, 3.8) is 0 Å². The van der Waals surface area contributed by atoms with Gasteiger partial charge in [-0.15, -0.1) is 0 Å². The van der Waals surface area contributed by atoms with Crippen LogP contribution in [0.3, 0.4) is 0 Å². The van der Waals surface area contributed by atoms with Crippen LogP contribution in [0.1, 0.15) is 0 Å². The normalized spacial score (nSPS) is 11.5. The molecule has 1 aromatic carbocycles. The Balaban J connectivity index is 3.31. The first kappa shape index (κ1) is 16.4. The quantitative estimate of drug-likeness (QED) is 0.552. The van der Waals surface area contributed by atoms with Gasteiger partial charge < -0.3 is 17.2 Å². The Kier molecular flexibility index (Phi) is 5.09. The van der Waals surface area contributed by atoms with Gasteiger partial charge in [-0.3, -0.25) is 9.59 Å². The number of carbonyl (C=O) groups excluding carboxylic acids is 2. The van der Waals surface area contributed by atoms with Crippen molar-refractivity contribution in [3.05, 3.63) is 22.7 Å². The second kappa shape index (κ2) is 6.20. The van der Waals surface area contributed by atoms with Crippen LogP contribution < -0.4 is 17.2 Å². The van der Waals surface area contributed by atoms with Crippen molar-refractivity contribution in [2.24, 2.45) is 11.5 Å². The summed E-state index contributed by atoms with van der Waals surface area (Å²) in [6, 6.07) is 4.20. The highest BCUT2D eigenvalue weighted by Gasteiger charge is 2.29. The molecule has 8 nitrogen and oxygen atoms in total. The molecule has 0 bridgehead atoms. The zero-order chi connectivity index (χ0) is 15.5. The van der Waals surface area contributed by atoms with Gasteiger partial charge in [-0.25, -0.2) is 8.42 Å². The fourth-order valence-electron chi connectivity index (χ4n) is 1.44. The lowest BCUT2D eigenvalue weighted by Gasteiger charge is -2.20. The van der Waals surface area contributed by atoms with Crippen molar-refractivity contribution >= 4 is 43.5 Å². The number of hydrogen-bond acceptors (Lipinski definition) is 5. The number of rotatable bonds is 6. The Bertz CT molecular complexity index is 631. The van der Waals surface area contributed by atoms with Gasteiger partial charge in [-0.1, -0.05) is 15.9 Å². The molecule has 0 aliphatic rings. The lowest BCUT2D eigenvalue weighted by Crippen LogP contribution is -2.43. The maximum absolute atomic E-state index is 12.4. The van der Waals surface area contributed by atoms with E-state index in [1.807, 2.05) is 0 Å². The summed E-state index contributed by atoms with van der Waals surface area (Å²) in [5.74, 6) is -1.83. The maximum Gasteiger partial charge on any atom is 0.246 e. The third-order valence-electron chi connectivity index (χ3n) is 2.26. The van der Waals surface area contributed by atoms with Gasteiger partial charge in [0.15, 0.2) is 0 Å². The highest BCUT2D eigenvalue weighted by Crippen LogP contribution is 2.25. The van der Waals surface area contributed by atoms with Gasteiger partial charge in [0.05, 0.1) is 18.8 Å². The lowest BCUT2D eigenvalue weighted by molar-refractivity contribution is -0.120. The molecule has 110 valence electrons. The first-order valence-electron chi connectivity index (χ1n) is 5.26. The van der Waals surface area contributed by atoms with Crippen LogP contribution in [0.4, 0.5) is 5.69 Å². The van der Waals surface area contributed by atoms with E-state index < -0.39 is 34.9 Å². The molecule has 0 aliphatic carbocycles. The van der Waals surface area contributed by atoms with Crippen molar-refractivity contribution in [1.82, 2.24) is 4.31 Å². The van der Waals surface area contributed by atoms with Crippen LogP contribution >= 0.6 is 15.9 Å². The van der Waals surface area contributed by atoms with Crippen LogP contribution in [0.5, 0.6) is 0 Å².